The van der Waals surface area contributed by atoms with Crippen molar-refractivity contribution in [2.24, 2.45) is 0 Å². The third kappa shape index (κ3) is 13.6. The monoisotopic (exact) mass is 1050 g/mol. The van der Waals surface area contributed by atoms with Crippen LogP contribution < -0.4 is 9.47 Å². The molecule has 0 saturated carbocycles. The number of hydrogen-bond acceptors (Lipinski definition) is 18. The van der Waals surface area contributed by atoms with Crippen LogP contribution >= 0.6 is 0 Å². The van der Waals surface area contributed by atoms with Gasteiger partial charge in [0, 0.05) is 75.1 Å². The van der Waals surface area contributed by atoms with E-state index in [4.69, 9.17) is 37.9 Å². The number of halogens is 4. The van der Waals surface area contributed by atoms with E-state index in [2.05, 4.69) is 10.2 Å². The van der Waals surface area contributed by atoms with Crippen molar-refractivity contribution < 1.29 is 95.1 Å². The molecule has 10 atom stereocenters. The molecule has 408 valence electrons. The Bertz CT molecular complexity index is 2660. The fourth-order valence-corrected chi connectivity index (χ4v) is 8.35. The van der Waals surface area contributed by atoms with Gasteiger partial charge in [0.2, 0.25) is 30.4 Å². The molecule has 4 heterocycles. The number of carbonyl (C=O) groups excluding carboxylic acids is 4. The minimum absolute atomic E-state index is 0.0101. The molecule has 20 nitrogen and oxygen atoms in total. The lowest BCUT2D eigenvalue weighted by Crippen LogP contribution is -2.63. The quantitative estimate of drug-likeness (QED) is 0.0682. The minimum Gasteiger partial charge on any atom is -0.463 e. The lowest BCUT2D eigenvalue weighted by Gasteiger charge is -2.43. The number of ether oxygens (including phenoxy) is 8. The van der Waals surface area contributed by atoms with E-state index in [9.17, 15) is 57.2 Å². The molecule has 4 N–H and O–H groups in total. The Morgan fingerprint density at radius 1 is 0.581 bits per heavy atom. The van der Waals surface area contributed by atoms with Crippen LogP contribution in [-0.4, -0.2) is 138 Å². The summed E-state index contributed by atoms with van der Waals surface area (Å²) in [6, 6.07) is 5.62. The van der Waals surface area contributed by atoms with Gasteiger partial charge in [-0.25, -0.2) is 17.6 Å². The number of rotatable bonds is 16. The normalized spacial score (nSPS) is 23.7. The lowest BCUT2D eigenvalue weighted by molar-refractivity contribution is -0.289. The first kappa shape index (κ1) is 58.7. The molecule has 0 bridgehead atoms. The summed E-state index contributed by atoms with van der Waals surface area (Å²) in [5.74, 6) is -7.00. The van der Waals surface area contributed by atoms with Crippen molar-refractivity contribution in [1.82, 2.24) is 19.6 Å². The topological polar surface area (TPSA) is 259 Å². The van der Waals surface area contributed by atoms with Crippen molar-refractivity contribution in [2.75, 3.05) is 13.2 Å². The molecule has 74 heavy (non-hydrogen) atoms. The fraction of sp³-hybridized carbons (Fsp3) is 0.560. The Kier molecular flexibility index (Phi) is 19.8. The molecule has 0 aliphatic carbocycles. The molecule has 4 aromatic rings. The molecular weight excluding hydrogens is 989 g/mol. The van der Waals surface area contributed by atoms with Gasteiger partial charge in [-0.3, -0.25) is 28.5 Å². The smallest absolute Gasteiger partial charge is 0.303 e. The van der Waals surface area contributed by atoms with Gasteiger partial charge in [0.15, 0.2) is 35.5 Å². The van der Waals surface area contributed by atoms with E-state index in [1.165, 1.54) is 38.1 Å². The zero-order valence-electron chi connectivity index (χ0n) is 43.1. The van der Waals surface area contributed by atoms with Crippen molar-refractivity contribution >= 4 is 23.9 Å². The maximum absolute atomic E-state index is 14.9. The maximum Gasteiger partial charge on any atom is 0.303 e. The molecule has 2 fully saturated rings. The molecule has 24 heteroatoms. The number of esters is 4. The zero-order chi connectivity index (χ0) is 55.2. The van der Waals surface area contributed by atoms with Crippen LogP contribution in [0.3, 0.4) is 0 Å². The average molecular weight is 1050 g/mol. The predicted octanol–water partition coefficient (Wildman–Crippen LogP) is 4.54. The summed E-state index contributed by atoms with van der Waals surface area (Å²) < 4.78 is 106. The second-order valence-corrected chi connectivity index (χ2v) is 18.5. The highest BCUT2D eigenvalue weighted by Crippen LogP contribution is 2.36. The van der Waals surface area contributed by atoms with Gasteiger partial charge >= 0.3 is 23.9 Å². The van der Waals surface area contributed by atoms with Gasteiger partial charge in [0.05, 0.1) is 6.61 Å². The summed E-state index contributed by atoms with van der Waals surface area (Å²) in [4.78, 5) is 47.9. The number of aryl methyl sites for hydroxylation is 2. The summed E-state index contributed by atoms with van der Waals surface area (Å²) in [7, 11) is 0. The lowest BCUT2D eigenvalue weighted by atomic mass is 9.98. The molecule has 0 radical (unpaired) electrons. The van der Waals surface area contributed by atoms with Crippen LogP contribution in [0.5, 0.6) is 11.8 Å². The zero-order valence-corrected chi connectivity index (χ0v) is 43.1. The first-order valence-corrected chi connectivity index (χ1v) is 23.6. The summed E-state index contributed by atoms with van der Waals surface area (Å²) in [6.45, 7) is 17.3. The molecule has 0 amide bonds. The van der Waals surface area contributed by atoms with Gasteiger partial charge in [-0.1, -0.05) is 24.3 Å². The Labute approximate surface area is 424 Å². The fourth-order valence-electron chi connectivity index (χ4n) is 8.35. The Hall–Kier alpha value is -6.18. The number of benzene rings is 2. The predicted molar refractivity (Wildman–Crippen MR) is 249 cm³/mol. The number of aliphatic hydroxyl groups is 4. The highest BCUT2D eigenvalue weighted by molar-refractivity contribution is 5.69. The van der Waals surface area contributed by atoms with E-state index in [0.29, 0.717) is 22.5 Å². The van der Waals surface area contributed by atoms with Gasteiger partial charge in [-0.2, -0.15) is 0 Å². The third-order valence-corrected chi connectivity index (χ3v) is 12.1. The summed E-state index contributed by atoms with van der Waals surface area (Å²) in [6.07, 6.45) is -14.6. The Balaban J connectivity index is 0.000000288. The maximum atomic E-state index is 14.9. The molecule has 6 rings (SSSR count). The van der Waals surface area contributed by atoms with E-state index in [-0.39, 0.29) is 58.9 Å². The van der Waals surface area contributed by atoms with Crippen LogP contribution in [0.25, 0.3) is 0 Å². The summed E-state index contributed by atoms with van der Waals surface area (Å²) >= 11 is 0. The third-order valence-electron chi connectivity index (χ3n) is 12.1. The minimum atomic E-state index is -1.62. The van der Waals surface area contributed by atoms with E-state index < -0.39 is 122 Å². The molecule has 2 aliphatic heterocycles. The highest BCUT2D eigenvalue weighted by atomic mass is 19.2. The van der Waals surface area contributed by atoms with Crippen molar-refractivity contribution in [3.05, 3.63) is 92.3 Å². The number of aromatic nitrogens is 4. The Morgan fingerprint density at radius 3 is 1.42 bits per heavy atom. The molecular formula is C50H64F4N4O16. The molecule has 2 aliphatic rings. The van der Waals surface area contributed by atoms with Crippen molar-refractivity contribution in [3.63, 3.8) is 0 Å². The molecule has 2 aromatic heterocycles. The Morgan fingerprint density at radius 2 is 1.00 bits per heavy atom. The van der Waals surface area contributed by atoms with Gasteiger partial charge in [-0.15, -0.1) is 10.2 Å². The number of aliphatic hydroxyl groups excluding tert-OH is 4. The summed E-state index contributed by atoms with van der Waals surface area (Å²) in [5, 5.41) is 48.5. The van der Waals surface area contributed by atoms with Crippen LogP contribution in [-0.2, 0) is 60.4 Å². The number of carbonyl (C=O) groups is 4. The number of hydrogen-bond donors (Lipinski definition) is 4. The summed E-state index contributed by atoms with van der Waals surface area (Å²) in [5.41, 5.74) is 2.54. The molecule has 2 saturated heterocycles. The average Bonchev–Trinajstić information content (AvgIpc) is 3.81. The van der Waals surface area contributed by atoms with Gasteiger partial charge in [0.25, 0.3) is 0 Å². The van der Waals surface area contributed by atoms with Crippen molar-refractivity contribution in [1.29, 1.82) is 0 Å². The first-order chi connectivity index (χ1) is 34.7. The van der Waals surface area contributed by atoms with Gasteiger partial charge in [-0.05, 0) is 77.6 Å². The van der Waals surface area contributed by atoms with Crippen LogP contribution in [0.15, 0.2) is 24.3 Å². The standard InChI is InChI=1S/C29H36F2N2O10.C21H28F2N2O6/c1-13(2)33-15(4)21(11-20-10-9-14(3)23(30)24(20)31)28(32-33)43-29-27(41-19(8)37)26(40-18(7)36)25(39-17(6)35)22(42-29)12-38-16(5)34;1-9(2)25-11(4)13(7-12-6-5-10(3)15(22)16(12)23)20(24-25)31-21-19(29)18(28)17(27)14(8-26)30-21/h9-10,13,22,25-27,29H,11-12H2,1-8H3;5-6,9,14,17-19,21,26-29H,7-8H2,1-4H3/t22-,25-,26+,27-,29+;14-,17-,18+,19-,21+/m11/s1. The van der Waals surface area contributed by atoms with Crippen LogP contribution in [0, 0.1) is 51.0 Å². The largest absolute Gasteiger partial charge is 0.463 e. The highest BCUT2D eigenvalue weighted by Gasteiger charge is 2.54. The van der Waals surface area contributed by atoms with Gasteiger partial charge < -0.3 is 58.3 Å². The van der Waals surface area contributed by atoms with Crippen molar-refractivity contribution in [2.45, 2.75) is 169 Å². The van der Waals surface area contributed by atoms with Crippen molar-refractivity contribution in [3.8, 4) is 11.8 Å². The van der Waals surface area contributed by atoms with E-state index in [0.717, 1.165) is 27.7 Å². The molecule has 0 spiro atoms. The SMILES string of the molecule is CC(=O)OC[C@H]1O[C@@H](Oc2nn(C(C)C)c(C)c2Cc2ccc(C)c(F)c2F)[C@H](OC(C)=O)[C@@H](OC(C)=O)[C@@H]1OC(C)=O.Cc1ccc(Cc2c(O[C@@H]3O[C@H](CO)[C@@H](O)[C@H](O)[C@H]3O)nn(C(C)C)c2C)c(F)c1F. The van der Waals surface area contributed by atoms with E-state index in [1.807, 2.05) is 27.7 Å². The number of nitrogens with zero attached hydrogens (tertiary/aromatic N) is 4. The van der Waals surface area contributed by atoms with Crippen LogP contribution in [0.1, 0.15) is 112 Å². The van der Waals surface area contributed by atoms with E-state index >= 15 is 0 Å². The molecule has 0 unspecified atom stereocenters. The second kappa shape index (κ2) is 24.9. The van der Waals surface area contributed by atoms with Gasteiger partial charge in [0.1, 0.15) is 37.1 Å². The first-order valence-electron chi connectivity index (χ1n) is 23.6. The van der Waals surface area contributed by atoms with Crippen LogP contribution in [0.2, 0.25) is 0 Å². The van der Waals surface area contributed by atoms with E-state index in [1.54, 1.807) is 23.2 Å². The molecule has 2 aromatic carbocycles. The van der Waals surface area contributed by atoms with Crippen LogP contribution in [0.4, 0.5) is 17.6 Å². The second-order valence-electron chi connectivity index (χ2n) is 18.5.